The minimum absolute atomic E-state index is 0.140. The summed E-state index contributed by atoms with van der Waals surface area (Å²) in [5, 5.41) is 8.22. The first kappa shape index (κ1) is 10.3. The van der Waals surface area contributed by atoms with Crippen molar-refractivity contribution in [2.24, 2.45) is 0 Å². The third-order valence-electron chi connectivity index (χ3n) is 1.49. The second-order valence-electron chi connectivity index (χ2n) is 2.45. The lowest BCUT2D eigenvalue weighted by atomic mass is 10.3. The molecule has 0 spiro atoms. The highest BCUT2D eigenvalue weighted by Gasteiger charge is 2.16. The Balaban J connectivity index is 2.64. The number of carbonyl (C=O) groups is 1. The van der Waals surface area contributed by atoms with Crippen LogP contribution in [0.3, 0.4) is 0 Å². The van der Waals surface area contributed by atoms with Crippen LogP contribution in [0.4, 0.5) is 4.39 Å². The number of aliphatic carboxylic acids is 1. The molecule has 1 aromatic carbocycles. The highest BCUT2D eigenvalue weighted by atomic mass is 19.1. The van der Waals surface area contributed by atoms with E-state index in [4.69, 9.17) is 9.84 Å². The summed E-state index contributed by atoms with van der Waals surface area (Å²) in [4.78, 5) is 10.1. The van der Waals surface area contributed by atoms with Crippen LogP contribution >= 0.6 is 0 Å². The number of rotatable bonds is 4. The van der Waals surface area contributed by atoms with E-state index in [9.17, 15) is 9.18 Å². The fourth-order valence-electron chi connectivity index (χ4n) is 0.824. The molecule has 4 nitrogen and oxygen atoms in total. The summed E-state index contributed by atoms with van der Waals surface area (Å²) in [5.74, 6) is -0.926. The van der Waals surface area contributed by atoms with Gasteiger partial charge in [0, 0.05) is 0 Å². The van der Waals surface area contributed by atoms with Gasteiger partial charge in [-0.15, -0.1) is 0 Å². The number of alkyl halides is 1. The molecule has 14 heavy (non-hydrogen) atoms. The molecule has 0 aliphatic heterocycles. The summed E-state index contributed by atoms with van der Waals surface area (Å²) >= 11 is 0. The summed E-state index contributed by atoms with van der Waals surface area (Å²) < 4.78 is 21.9. The van der Waals surface area contributed by atoms with E-state index in [1.165, 1.54) is 19.2 Å². The molecule has 0 fully saturated rings. The molecule has 76 valence electrons. The van der Waals surface area contributed by atoms with Crippen LogP contribution in [0, 0.1) is 0 Å². The van der Waals surface area contributed by atoms with Gasteiger partial charge >= 0.3 is 12.3 Å². The van der Waals surface area contributed by atoms with Crippen LogP contribution in [0.2, 0.25) is 0 Å². The number of benzene rings is 1. The van der Waals surface area contributed by atoms with Crippen molar-refractivity contribution in [2.75, 3.05) is 7.11 Å². The minimum atomic E-state index is -2.34. The van der Waals surface area contributed by atoms with Crippen molar-refractivity contribution in [1.29, 1.82) is 0 Å². The maximum Gasteiger partial charge on any atom is 0.378 e. The van der Waals surface area contributed by atoms with Gasteiger partial charge in [0.2, 0.25) is 0 Å². The fraction of sp³-hybridized carbons (Fsp3) is 0.222. The van der Waals surface area contributed by atoms with Crippen molar-refractivity contribution in [3.05, 3.63) is 24.3 Å². The standard InChI is InChI=1S/C9H9FO4/c1-13-6-2-4-7(5-3-6)14-8(10)9(11)12/h2-5,8H,1H3,(H,11,12). The molecule has 0 saturated heterocycles. The van der Waals surface area contributed by atoms with Crippen LogP contribution in [-0.2, 0) is 4.79 Å². The molecule has 5 heteroatoms. The summed E-state index contributed by atoms with van der Waals surface area (Å²) in [6.07, 6.45) is -2.34. The van der Waals surface area contributed by atoms with Crippen molar-refractivity contribution in [3.8, 4) is 11.5 Å². The Morgan fingerprint density at radius 2 is 1.86 bits per heavy atom. The molecular formula is C9H9FO4. The number of halogens is 1. The van der Waals surface area contributed by atoms with Gasteiger partial charge in [0.1, 0.15) is 11.5 Å². The highest BCUT2D eigenvalue weighted by Crippen LogP contribution is 2.18. The van der Waals surface area contributed by atoms with Crippen LogP contribution in [0.5, 0.6) is 11.5 Å². The first-order valence-electron chi connectivity index (χ1n) is 3.81. The number of hydrogen-bond acceptors (Lipinski definition) is 3. The van der Waals surface area contributed by atoms with E-state index in [0.29, 0.717) is 5.75 Å². The third kappa shape index (κ3) is 2.62. The van der Waals surface area contributed by atoms with Gasteiger partial charge in [0.15, 0.2) is 0 Å². The molecule has 1 aromatic rings. The predicted octanol–water partition coefficient (Wildman–Crippen LogP) is 1.45. The normalized spacial score (nSPS) is 11.9. The van der Waals surface area contributed by atoms with E-state index in [2.05, 4.69) is 4.74 Å². The topological polar surface area (TPSA) is 55.8 Å². The molecule has 0 aliphatic rings. The SMILES string of the molecule is COc1ccc(OC(F)C(=O)O)cc1. The van der Waals surface area contributed by atoms with E-state index in [1.807, 2.05) is 0 Å². The smallest absolute Gasteiger partial charge is 0.378 e. The largest absolute Gasteiger partial charge is 0.497 e. The zero-order valence-corrected chi connectivity index (χ0v) is 7.44. The molecule has 1 atom stereocenters. The van der Waals surface area contributed by atoms with Crippen LogP contribution in [-0.4, -0.2) is 24.5 Å². The minimum Gasteiger partial charge on any atom is -0.497 e. The second-order valence-corrected chi connectivity index (χ2v) is 2.45. The zero-order chi connectivity index (χ0) is 10.6. The molecule has 0 saturated carbocycles. The Hall–Kier alpha value is -1.78. The lowest BCUT2D eigenvalue weighted by Gasteiger charge is -2.07. The van der Waals surface area contributed by atoms with E-state index in [0.717, 1.165) is 0 Å². The Morgan fingerprint density at radius 3 is 2.29 bits per heavy atom. The summed E-state index contributed by atoms with van der Waals surface area (Å²) in [6, 6.07) is 5.94. The predicted molar refractivity (Wildman–Crippen MR) is 46.2 cm³/mol. The molecule has 0 aromatic heterocycles. The number of carboxylic acid groups (broad SMARTS) is 1. The molecule has 1 N–H and O–H groups in total. The van der Waals surface area contributed by atoms with Crippen molar-refractivity contribution in [3.63, 3.8) is 0 Å². The molecular weight excluding hydrogens is 191 g/mol. The molecule has 0 bridgehead atoms. The van der Waals surface area contributed by atoms with Crippen molar-refractivity contribution < 1.29 is 23.8 Å². The highest BCUT2D eigenvalue weighted by molar-refractivity contribution is 5.70. The molecule has 0 amide bonds. The second kappa shape index (κ2) is 4.45. The Kier molecular flexibility index (Phi) is 3.28. The molecule has 1 unspecified atom stereocenters. The van der Waals surface area contributed by atoms with Gasteiger partial charge in [0.25, 0.3) is 0 Å². The lowest BCUT2D eigenvalue weighted by molar-refractivity contribution is -0.153. The maximum atomic E-state index is 12.5. The van der Waals surface area contributed by atoms with E-state index in [-0.39, 0.29) is 5.75 Å². The summed E-state index contributed by atoms with van der Waals surface area (Å²) in [6.45, 7) is 0. The Labute approximate surface area is 79.9 Å². The first-order chi connectivity index (χ1) is 6.63. The van der Waals surface area contributed by atoms with Crippen molar-refractivity contribution in [1.82, 2.24) is 0 Å². The summed E-state index contributed by atoms with van der Waals surface area (Å²) in [5.41, 5.74) is 0. The summed E-state index contributed by atoms with van der Waals surface area (Å²) in [7, 11) is 1.49. The molecule has 1 rings (SSSR count). The quantitative estimate of drug-likeness (QED) is 0.799. The van der Waals surface area contributed by atoms with Gasteiger partial charge in [0.05, 0.1) is 7.11 Å². The number of hydrogen-bond donors (Lipinski definition) is 1. The Bertz CT molecular complexity index is 309. The molecule has 0 aliphatic carbocycles. The third-order valence-corrected chi connectivity index (χ3v) is 1.49. The number of carboxylic acids is 1. The van der Waals surface area contributed by atoms with Crippen LogP contribution in [0.25, 0.3) is 0 Å². The zero-order valence-electron chi connectivity index (χ0n) is 7.44. The average Bonchev–Trinajstić information content (AvgIpc) is 2.19. The first-order valence-corrected chi connectivity index (χ1v) is 3.81. The Morgan fingerprint density at radius 1 is 1.36 bits per heavy atom. The van der Waals surface area contributed by atoms with Crippen molar-refractivity contribution in [2.45, 2.75) is 6.36 Å². The van der Waals surface area contributed by atoms with Crippen LogP contribution in [0.15, 0.2) is 24.3 Å². The van der Waals surface area contributed by atoms with Gasteiger partial charge in [-0.05, 0) is 24.3 Å². The fourth-order valence-corrected chi connectivity index (χ4v) is 0.824. The van der Waals surface area contributed by atoms with Gasteiger partial charge in [-0.25, -0.2) is 4.79 Å². The van der Waals surface area contributed by atoms with Gasteiger partial charge in [-0.1, -0.05) is 0 Å². The number of methoxy groups -OCH3 is 1. The van der Waals surface area contributed by atoms with E-state index >= 15 is 0 Å². The lowest BCUT2D eigenvalue weighted by Crippen LogP contribution is -2.21. The average molecular weight is 200 g/mol. The van der Waals surface area contributed by atoms with Gasteiger partial charge in [-0.3, -0.25) is 0 Å². The van der Waals surface area contributed by atoms with Gasteiger partial charge < -0.3 is 14.6 Å². The number of ether oxygens (including phenoxy) is 2. The monoisotopic (exact) mass is 200 g/mol. The van der Waals surface area contributed by atoms with Crippen molar-refractivity contribution >= 4 is 5.97 Å². The van der Waals surface area contributed by atoms with Crippen LogP contribution in [0.1, 0.15) is 0 Å². The van der Waals surface area contributed by atoms with Crippen LogP contribution < -0.4 is 9.47 Å². The van der Waals surface area contributed by atoms with E-state index in [1.54, 1.807) is 12.1 Å². The van der Waals surface area contributed by atoms with Gasteiger partial charge in [-0.2, -0.15) is 4.39 Å². The molecule has 0 radical (unpaired) electrons. The van der Waals surface area contributed by atoms with E-state index < -0.39 is 12.3 Å². The molecule has 0 heterocycles. The maximum absolute atomic E-state index is 12.5.